The van der Waals surface area contributed by atoms with E-state index in [1.807, 2.05) is 4.90 Å². The molecule has 0 radical (unpaired) electrons. The molecule has 0 atom stereocenters. The summed E-state index contributed by atoms with van der Waals surface area (Å²) in [5.74, 6) is 0. The Bertz CT molecular complexity index is 171. The van der Waals surface area contributed by atoms with Gasteiger partial charge in [-0.3, -0.25) is 9.89 Å². The molecule has 4 heteroatoms. The molecule has 2 aliphatic rings. The Morgan fingerprint density at radius 1 is 1.40 bits per heavy atom. The molecule has 0 aromatic carbocycles. The van der Waals surface area contributed by atoms with Gasteiger partial charge in [0.15, 0.2) is 0 Å². The summed E-state index contributed by atoms with van der Waals surface area (Å²) in [5, 5.41) is 0. The lowest BCUT2D eigenvalue weighted by Crippen LogP contribution is -2.33. The molecule has 54 valence electrons. The van der Waals surface area contributed by atoms with Crippen LogP contribution in [0.2, 0.25) is 0 Å². The van der Waals surface area contributed by atoms with Crippen LogP contribution in [-0.4, -0.2) is 30.7 Å². The molecule has 0 bridgehead atoms. The number of hydrogen-bond donors (Lipinski definition) is 0. The second-order valence-electron chi connectivity index (χ2n) is 2.11. The summed E-state index contributed by atoms with van der Waals surface area (Å²) >= 11 is 0. The number of nitrogens with zero attached hydrogens (tertiary/aromatic N) is 2. The van der Waals surface area contributed by atoms with Crippen LogP contribution >= 0.6 is 0 Å². The lowest BCUT2D eigenvalue weighted by atomic mass is 10.6. The van der Waals surface area contributed by atoms with Crippen LogP contribution in [0.1, 0.15) is 0 Å². The molecule has 0 spiro atoms. The van der Waals surface area contributed by atoms with Crippen molar-refractivity contribution in [3.05, 3.63) is 12.5 Å². The molecule has 0 N–H and O–H groups in total. The molecule has 0 amide bonds. The highest BCUT2D eigenvalue weighted by Crippen LogP contribution is 2.10. The predicted octanol–water partition coefficient (Wildman–Crippen LogP) is 0.132. The van der Waals surface area contributed by atoms with Gasteiger partial charge in [-0.05, 0) is 0 Å². The first-order valence-corrected chi connectivity index (χ1v) is 3.18. The second kappa shape index (κ2) is 2.21. The fourth-order valence-corrected chi connectivity index (χ4v) is 0.940. The average Bonchev–Trinajstić information content (AvgIpc) is 2.59. The van der Waals surface area contributed by atoms with Gasteiger partial charge in [-0.25, -0.2) is 0 Å². The first-order chi connectivity index (χ1) is 4.97. The average molecular weight is 140 g/mol. The second-order valence-corrected chi connectivity index (χ2v) is 2.11. The molecule has 2 heterocycles. The molecular weight excluding hydrogens is 132 g/mol. The Morgan fingerprint density at radius 3 is 2.80 bits per heavy atom. The van der Waals surface area contributed by atoms with Gasteiger partial charge in [0, 0.05) is 6.54 Å². The van der Waals surface area contributed by atoms with Crippen molar-refractivity contribution in [2.75, 3.05) is 13.1 Å². The highest BCUT2D eigenvalue weighted by Gasteiger charge is 2.21. The van der Waals surface area contributed by atoms with Crippen molar-refractivity contribution < 1.29 is 9.47 Å². The minimum atomic E-state index is -0.272. The van der Waals surface area contributed by atoms with Crippen molar-refractivity contribution in [1.29, 1.82) is 0 Å². The van der Waals surface area contributed by atoms with Gasteiger partial charge in [0.25, 0.3) is 0 Å². The Morgan fingerprint density at radius 2 is 2.20 bits per heavy atom. The third-order valence-electron chi connectivity index (χ3n) is 1.43. The zero-order valence-corrected chi connectivity index (χ0v) is 5.43. The van der Waals surface area contributed by atoms with Gasteiger partial charge >= 0.3 is 6.41 Å². The summed E-state index contributed by atoms with van der Waals surface area (Å²) in [6, 6.07) is 0. The van der Waals surface area contributed by atoms with Crippen LogP contribution in [0.15, 0.2) is 17.5 Å². The zero-order valence-electron chi connectivity index (χ0n) is 5.43. The third-order valence-corrected chi connectivity index (χ3v) is 1.43. The SMILES string of the molecule is C1=COC(N2C=NCC2)O1. The maximum absolute atomic E-state index is 5.07. The monoisotopic (exact) mass is 140 g/mol. The number of hydrogen-bond acceptors (Lipinski definition) is 4. The van der Waals surface area contributed by atoms with E-state index in [0.717, 1.165) is 13.1 Å². The van der Waals surface area contributed by atoms with Gasteiger partial charge in [-0.2, -0.15) is 0 Å². The van der Waals surface area contributed by atoms with Crippen LogP contribution < -0.4 is 0 Å². The molecule has 0 saturated heterocycles. The maximum Gasteiger partial charge on any atom is 0.327 e. The van der Waals surface area contributed by atoms with E-state index in [4.69, 9.17) is 9.47 Å². The summed E-state index contributed by atoms with van der Waals surface area (Å²) < 4.78 is 10.1. The van der Waals surface area contributed by atoms with Gasteiger partial charge in [-0.15, -0.1) is 0 Å². The van der Waals surface area contributed by atoms with Gasteiger partial charge in [0.05, 0.1) is 12.9 Å². The largest absolute Gasteiger partial charge is 0.442 e. The van der Waals surface area contributed by atoms with Crippen molar-refractivity contribution in [2.24, 2.45) is 4.99 Å². The van der Waals surface area contributed by atoms with Gasteiger partial charge in [0.2, 0.25) is 0 Å². The summed E-state index contributed by atoms with van der Waals surface area (Å²) in [7, 11) is 0. The lowest BCUT2D eigenvalue weighted by molar-refractivity contribution is -0.102. The quantitative estimate of drug-likeness (QED) is 0.519. The Hall–Kier alpha value is -1.19. The van der Waals surface area contributed by atoms with Crippen LogP contribution in [0.5, 0.6) is 0 Å². The molecule has 0 saturated carbocycles. The summed E-state index contributed by atoms with van der Waals surface area (Å²) in [5.41, 5.74) is 0. The fraction of sp³-hybridized carbons (Fsp3) is 0.500. The third kappa shape index (κ3) is 0.814. The first-order valence-electron chi connectivity index (χ1n) is 3.18. The molecular formula is C6H8N2O2. The van der Waals surface area contributed by atoms with Gasteiger partial charge in [-0.1, -0.05) is 0 Å². The molecule has 0 aromatic rings. The van der Waals surface area contributed by atoms with E-state index in [1.54, 1.807) is 6.34 Å². The van der Waals surface area contributed by atoms with Crippen molar-refractivity contribution in [1.82, 2.24) is 4.90 Å². The number of aliphatic imine (C=N–C) groups is 1. The van der Waals surface area contributed by atoms with E-state index in [1.165, 1.54) is 12.5 Å². The Labute approximate surface area is 58.7 Å². The summed E-state index contributed by atoms with van der Waals surface area (Å²) in [6.45, 7) is 1.72. The molecule has 0 unspecified atom stereocenters. The van der Waals surface area contributed by atoms with Crippen LogP contribution in [0.3, 0.4) is 0 Å². The van der Waals surface area contributed by atoms with E-state index in [2.05, 4.69) is 4.99 Å². The molecule has 0 aliphatic carbocycles. The first kappa shape index (κ1) is 5.58. The maximum atomic E-state index is 5.07. The molecule has 2 rings (SSSR count). The van der Waals surface area contributed by atoms with E-state index >= 15 is 0 Å². The smallest absolute Gasteiger partial charge is 0.327 e. The standard InChI is InChI=1S/C6H8N2O2/c1-2-8(5-7-1)6-9-3-4-10-6/h3-6H,1-2H2. The van der Waals surface area contributed by atoms with Crippen LogP contribution in [0.25, 0.3) is 0 Å². The topological polar surface area (TPSA) is 34.1 Å². The van der Waals surface area contributed by atoms with E-state index in [0.29, 0.717) is 0 Å². The summed E-state index contributed by atoms with van der Waals surface area (Å²) in [6.07, 6.45) is 4.55. The van der Waals surface area contributed by atoms with Gasteiger partial charge in [0.1, 0.15) is 12.5 Å². The summed E-state index contributed by atoms with van der Waals surface area (Å²) in [4.78, 5) is 5.93. The molecule has 4 nitrogen and oxygen atoms in total. The normalized spacial score (nSPS) is 23.4. The Kier molecular flexibility index (Phi) is 1.23. The van der Waals surface area contributed by atoms with Crippen molar-refractivity contribution in [3.63, 3.8) is 0 Å². The number of rotatable bonds is 1. The van der Waals surface area contributed by atoms with E-state index in [-0.39, 0.29) is 6.41 Å². The van der Waals surface area contributed by atoms with Crippen LogP contribution in [-0.2, 0) is 9.47 Å². The minimum Gasteiger partial charge on any atom is -0.442 e. The van der Waals surface area contributed by atoms with Crippen LogP contribution in [0, 0.1) is 0 Å². The highest BCUT2D eigenvalue weighted by atomic mass is 16.7. The fourth-order valence-electron chi connectivity index (χ4n) is 0.940. The van der Waals surface area contributed by atoms with Crippen molar-refractivity contribution >= 4 is 6.34 Å². The van der Waals surface area contributed by atoms with Crippen LogP contribution in [0.4, 0.5) is 0 Å². The zero-order chi connectivity index (χ0) is 6.81. The Balaban J connectivity index is 1.93. The highest BCUT2D eigenvalue weighted by molar-refractivity contribution is 5.57. The van der Waals surface area contributed by atoms with Crippen molar-refractivity contribution in [3.8, 4) is 0 Å². The molecule has 0 fully saturated rings. The number of ether oxygens (including phenoxy) is 2. The van der Waals surface area contributed by atoms with Gasteiger partial charge < -0.3 is 9.47 Å². The molecule has 2 aliphatic heterocycles. The minimum absolute atomic E-state index is 0.272. The predicted molar refractivity (Wildman–Crippen MR) is 35.2 cm³/mol. The molecule has 10 heavy (non-hydrogen) atoms. The molecule has 0 aromatic heterocycles. The van der Waals surface area contributed by atoms with E-state index in [9.17, 15) is 0 Å². The van der Waals surface area contributed by atoms with E-state index < -0.39 is 0 Å². The van der Waals surface area contributed by atoms with Crippen molar-refractivity contribution in [2.45, 2.75) is 6.41 Å². The lowest BCUT2D eigenvalue weighted by Gasteiger charge is -2.19.